The van der Waals surface area contributed by atoms with Gasteiger partial charge in [0.25, 0.3) is 0 Å². The maximum atomic E-state index is 12.1. The van der Waals surface area contributed by atoms with Gasteiger partial charge in [-0.05, 0) is 30.6 Å². The van der Waals surface area contributed by atoms with Crippen molar-refractivity contribution < 1.29 is 18.3 Å². The number of carbonyl (C=O) groups is 1. The molecule has 1 aromatic rings. The summed E-state index contributed by atoms with van der Waals surface area (Å²) in [6.45, 7) is 0. The van der Waals surface area contributed by atoms with E-state index in [1.165, 1.54) is 30.1 Å². The van der Waals surface area contributed by atoms with Crippen LogP contribution in [0.5, 0.6) is 0 Å². The molecule has 1 rings (SSSR count). The number of nitrogens with one attached hydrogen (secondary N) is 1. The van der Waals surface area contributed by atoms with Crippen LogP contribution in [0.3, 0.4) is 0 Å². The van der Waals surface area contributed by atoms with Gasteiger partial charge in [-0.25, -0.2) is 13.4 Å². The SMILES string of the molecule is CSCCC(NS(=O)(=O)c1cccnc1C#N)C(=O)O. The van der Waals surface area contributed by atoms with E-state index in [1.807, 2.05) is 0 Å². The fourth-order valence-electron chi connectivity index (χ4n) is 1.41. The smallest absolute Gasteiger partial charge is 0.321 e. The predicted molar refractivity (Wildman–Crippen MR) is 73.7 cm³/mol. The number of sulfonamides is 1. The Labute approximate surface area is 121 Å². The minimum atomic E-state index is -4.10. The fourth-order valence-corrected chi connectivity index (χ4v) is 3.21. The second kappa shape index (κ2) is 7.23. The van der Waals surface area contributed by atoms with Crippen LogP contribution in [-0.4, -0.2) is 42.5 Å². The molecule has 0 saturated heterocycles. The first kappa shape index (κ1) is 16.4. The van der Waals surface area contributed by atoms with Crippen molar-refractivity contribution in [2.24, 2.45) is 0 Å². The molecular formula is C11H13N3O4S2. The molecular weight excluding hydrogens is 302 g/mol. The first-order chi connectivity index (χ1) is 9.42. The second-order valence-corrected chi connectivity index (χ2v) is 6.42. The molecule has 0 fully saturated rings. The van der Waals surface area contributed by atoms with E-state index in [9.17, 15) is 13.2 Å². The van der Waals surface area contributed by atoms with E-state index in [2.05, 4.69) is 9.71 Å². The zero-order chi connectivity index (χ0) is 15.2. The summed E-state index contributed by atoms with van der Waals surface area (Å²) in [4.78, 5) is 14.4. The fraction of sp³-hybridized carbons (Fsp3) is 0.364. The largest absolute Gasteiger partial charge is 0.480 e. The van der Waals surface area contributed by atoms with Gasteiger partial charge in [-0.15, -0.1) is 0 Å². The average molecular weight is 315 g/mol. The van der Waals surface area contributed by atoms with Crippen LogP contribution in [0.25, 0.3) is 0 Å². The monoisotopic (exact) mass is 315 g/mol. The predicted octanol–water partition coefficient (Wildman–Crippen LogP) is 0.438. The highest BCUT2D eigenvalue weighted by Gasteiger charge is 2.27. The Morgan fingerprint density at radius 3 is 2.90 bits per heavy atom. The molecule has 0 saturated carbocycles. The Balaban J connectivity index is 3.04. The minimum absolute atomic E-state index is 0.151. The molecule has 0 spiro atoms. The number of hydrogen-bond acceptors (Lipinski definition) is 6. The molecule has 0 amide bonds. The number of hydrogen-bond donors (Lipinski definition) is 2. The highest BCUT2D eigenvalue weighted by atomic mass is 32.2. The number of nitriles is 1. The van der Waals surface area contributed by atoms with Crippen LogP contribution >= 0.6 is 11.8 Å². The van der Waals surface area contributed by atoms with E-state index in [0.29, 0.717) is 5.75 Å². The molecule has 7 nitrogen and oxygen atoms in total. The number of rotatable bonds is 7. The second-order valence-electron chi connectivity index (χ2n) is 3.76. The van der Waals surface area contributed by atoms with Crippen LogP contribution in [0.4, 0.5) is 0 Å². The molecule has 20 heavy (non-hydrogen) atoms. The van der Waals surface area contributed by atoms with Crippen molar-refractivity contribution in [2.45, 2.75) is 17.4 Å². The third-order valence-electron chi connectivity index (χ3n) is 2.37. The normalized spacial score (nSPS) is 12.6. The van der Waals surface area contributed by atoms with Gasteiger partial charge in [0.2, 0.25) is 10.0 Å². The molecule has 1 unspecified atom stereocenters. The molecule has 0 aliphatic heterocycles. The quantitative estimate of drug-likeness (QED) is 0.749. The molecule has 108 valence electrons. The van der Waals surface area contributed by atoms with Gasteiger partial charge in [0.15, 0.2) is 5.69 Å². The highest BCUT2D eigenvalue weighted by Crippen LogP contribution is 2.13. The molecule has 1 atom stereocenters. The maximum absolute atomic E-state index is 12.1. The van der Waals surface area contributed by atoms with Crippen molar-refractivity contribution in [3.8, 4) is 6.07 Å². The number of aliphatic carboxylic acids is 1. The van der Waals surface area contributed by atoms with Gasteiger partial charge >= 0.3 is 5.97 Å². The molecule has 9 heteroatoms. The van der Waals surface area contributed by atoms with Crippen LogP contribution in [0.1, 0.15) is 12.1 Å². The summed E-state index contributed by atoms with van der Waals surface area (Å²) in [5, 5.41) is 17.9. The third-order valence-corrected chi connectivity index (χ3v) is 4.52. The Kier molecular flexibility index (Phi) is 5.94. The number of carboxylic acid groups (broad SMARTS) is 1. The standard InChI is InChI=1S/C11H13N3O4S2/c1-19-6-4-8(11(15)16)14-20(17,18)10-3-2-5-13-9(10)7-12/h2-3,5,8,14H,4,6H2,1H3,(H,15,16). The van der Waals surface area contributed by atoms with Gasteiger partial charge in [0.1, 0.15) is 17.0 Å². The average Bonchev–Trinajstić information content (AvgIpc) is 2.43. The van der Waals surface area contributed by atoms with Crippen LogP contribution in [-0.2, 0) is 14.8 Å². The number of nitrogens with zero attached hydrogens (tertiary/aromatic N) is 2. The molecule has 1 heterocycles. The van der Waals surface area contributed by atoms with E-state index in [-0.39, 0.29) is 17.0 Å². The topological polar surface area (TPSA) is 120 Å². The lowest BCUT2D eigenvalue weighted by Crippen LogP contribution is -2.41. The Bertz CT molecular complexity index is 625. The van der Waals surface area contributed by atoms with Gasteiger partial charge in [-0.2, -0.15) is 21.7 Å². The lowest BCUT2D eigenvalue weighted by molar-refractivity contribution is -0.139. The first-order valence-corrected chi connectivity index (χ1v) is 8.39. The Morgan fingerprint density at radius 1 is 1.65 bits per heavy atom. The lowest BCUT2D eigenvalue weighted by Gasteiger charge is -2.14. The number of aromatic nitrogens is 1. The van der Waals surface area contributed by atoms with Crippen molar-refractivity contribution in [3.05, 3.63) is 24.0 Å². The van der Waals surface area contributed by atoms with Gasteiger partial charge in [0, 0.05) is 6.20 Å². The van der Waals surface area contributed by atoms with Gasteiger partial charge in [0.05, 0.1) is 0 Å². The molecule has 0 aliphatic carbocycles. The van der Waals surface area contributed by atoms with Gasteiger partial charge in [-0.3, -0.25) is 4.79 Å². The van der Waals surface area contributed by atoms with E-state index in [1.54, 1.807) is 12.3 Å². The van der Waals surface area contributed by atoms with Crippen molar-refractivity contribution in [1.29, 1.82) is 5.26 Å². The summed E-state index contributed by atoms with van der Waals surface area (Å²) in [5.41, 5.74) is -0.269. The van der Waals surface area contributed by atoms with E-state index in [4.69, 9.17) is 10.4 Å². The highest BCUT2D eigenvalue weighted by molar-refractivity contribution is 7.98. The molecule has 0 radical (unpaired) electrons. The Hall–Kier alpha value is -1.63. The van der Waals surface area contributed by atoms with Crippen molar-refractivity contribution in [3.63, 3.8) is 0 Å². The summed E-state index contributed by atoms with van der Waals surface area (Å²) < 4.78 is 26.3. The maximum Gasteiger partial charge on any atom is 0.321 e. The van der Waals surface area contributed by atoms with Crippen molar-refractivity contribution in [2.75, 3.05) is 12.0 Å². The van der Waals surface area contributed by atoms with Crippen LogP contribution in [0.15, 0.2) is 23.2 Å². The van der Waals surface area contributed by atoms with Crippen molar-refractivity contribution in [1.82, 2.24) is 9.71 Å². The summed E-state index contributed by atoms with van der Waals surface area (Å²) in [7, 11) is -4.10. The van der Waals surface area contributed by atoms with Crippen LogP contribution < -0.4 is 4.72 Å². The van der Waals surface area contributed by atoms with E-state index < -0.39 is 22.0 Å². The summed E-state index contributed by atoms with van der Waals surface area (Å²) in [5.74, 6) is -0.762. The zero-order valence-corrected chi connectivity index (χ0v) is 12.2. The zero-order valence-electron chi connectivity index (χ0n) is 10.6. The van der Waals surface area contributed by atoms with E-state index >= 15 is 0 Å². The minimum Gasteiger partial charge on any atom is -0.480 e. The third kappa shape index (κ3) is 4.19. The first-order valence-electron chi connectivity index (χ1n) is 5.51. The summed E-state index contributed by atoms with van der Waals surface area (Å²) in [6.07, 6.45) is 3.24. The number of thioether (sulfide) groups is 1. The number of carboxylic acids is 1. The molecule has 0 aromatic carbocycles. The summed E-state index contributed by atoms with van der Waals surface area (Å²) in [6, 6.07) is 3.01. The van der Waals surface area contributed by atoms with Crippen LogP contribution in [0, 0.1) is 11.3 Å². The summed E-state index contributed by atoms with van der Waals surface area (Å²) >= 11 is 1.41. The van der Waals surface area contributed by atoms with Gasteiger partial charge < -0.3 is 5.11 Å². The molecule has 0 bridgehead atoms. The molecule has 1 aromatic heterocycles. The Morgan fingerprint density at radius 2 is 2.35 bits per heavy atom. The lowest BCUT2D eigenvalue weighted by atomic mass is 10.2. The number of pyridine rings is 1. The molecule has 0 aliphatic rings. The molecule has 2 N–H and O–H groups in total. The van der Waals surface area contributed by atoms with E-state index in [0.717, 1.165) is 0 Å². The van der Waals surface area contributed by atoms with Crippen molar-refractivity contribution >= 4 is 27.8 Å². The van der Waals surface area contributed by atoms with Gasteiger partial charge in [-0.1, -0.05) is 0 Å². The van der Waals surface area contributed by atoms with Crippen LogP contribution in [0.2, 0.25) is 0 Å².